The number of pyridine rings is 1. The smallest absolute Gasteiger partial charge is 0.341 e. The maximum atomic E-state index is 13.9. The molecule has 0 aliphatic heterocycles. The SMILES string of the molecule is CC.COC(=O)c1ccc(C#N)nc1Nc1ccc(C)cc1F. The van der Waals surface area contributed by atoms with Gasteiger partial charge in [0.2, 0.25) is 0 Å². The van der Waals surface area contributed by atoms with E-state index >= 15 is 0 Å². The molecule has 1 N–H and O–H groups in total. The van der Waals surface area contributed by atoms with Crippen LogP contribution in [0.25, 0.3) is 0 Å². The van der Waals surface area contributed by atoms with Crippen molar-refractivity contribution < 1.29 is 13.9 Å². The average Bonchev–Trinajstić information content (AvgIpc) is 2.58. The van der Waals surface area contributed by atoms with Gasteiger partial charge in [0.25, 0.3) is 0 Å². The summed E-state index contributed by atoms with van der Waals surface area (Å²) < 4.78 is 18.5. The van der Waals surface area contributed by atoms with E-state index in [1.165, 1.54) is 31.4 Å². The van der Waals surface area contributed by atoms with Crippen molar-refractivity contribution in [3.05, 3.63) is 53.0 Å². The highest BCUT2D eigenvalue weighted by Crippen LogP contribution is 2.23. The number of aromatic nitrogens is 1. The number of nitrogens with one attached hydrogen (secondary N) is 1. The first-order valence-electron chi connectivity index (χ1n) is 7.08. The monoisotopic (exact) mass is 315 g/mol. The summed E-state index contributed by atoms with van der Waals surface area (Å²) in [5, 5.41) is 11.6. The zero-order valence-electron chi connectivity index (χ0n) is 13.5. The largest absolute Gasteiger partial charge is 0.465 e. The number of nitriles is 1. The molecule has 0 saturated carbocycles. The highest BCUT2D eigenvalue weighted by atomic mass is 19.1. The second-order valence-electron chi connectivity index (χ2n) is 4.30. The van der Waals surface area contributed by atoms with Crippen LogP contribution in [0.1, 0.15) is 35.5 Å². The van der Waals surface area contributed by atoms with Crippen molar-refractivity contribution in [2.24, 2.45) is 0 Å². The van der Waals surface area contributed by atoms with E-state index in [-0.39, 0.29) is 22.8 Å². The zero-order valence-corrected chi connectivity index (χ0v) is 13.5. The van der Waals surface area contributed by atoms with Gasteiger partial charge in [0.1, 0.15) is 29.0 Å². The molecule has 120 valence electrons. The fourth-order valence-corrected chi connectivity index (χ4v) is 1.74. The number of benzene rings is 1. The Bertz CT molecular complexity index is 739. The van der Waals surface area contributed by atoms with E-state index in [0.29, 0.717) is 0 Å². The molecule has 1 aromatic carbocycles. The van der Waals surface area contributed by atoms with Gasteiger partial charge in [-0.25, -0.2) is 14.2 Å². The number of halogens is 1. The summed E-state index contributed by atoms with van der Waals surface area (Å²) in [5.74, 6) is -1.03. The molecular formula is C17H18FN3O2. The maximum absolute atomic E-state index is 13.9. The molecule has 0 radical (unpaired) electrons. The minimum Gasteiger partial charge on any atom is -0.465 e. The third-order valence-electron chi connectivity index (χ3n) is 2.79. The van der Waals surface area contributed by atoms with Gasteiger partial charge >= 0.3 is 5.97 Å². The lowest BCUT2D eigenvalue weighted by Gasteiger charge is -2.11. The lowest BCUT2D eigenvalue weighted by molar-refractivity contribution is 0.0601. The third kappa shape index (κ3) is 4.51. The Morgan fingerprint density at radius 2 is 2.00 bits per heavy atom. The van der Waals surface area contributed by atoms with Gasteiger partial charge in [-0.05, 0) is 36.8 Å². The molecule has 1 aromatic heterocycles. The first-order chi connectivity index (χ1) is 11.0. The summed E-state index contributed by atoms with van der Waals surface area (Å²) >= 11 is 0. The number of carbonyl (C=O) groups is 1. The van der Waals surface area contributed by atoms with Crippen molar-refractivity contribution in [1.82, 2.24) is 4.98 Å². The number of rotatable bonds is 3. The molecule has 23 heavy (non-hydrogen) atoms. The summed E-state index contributed by atoms with van der Waals surface area (Å²) in [6.07, 6.45) is 0. The molecule has 0 aliphatic rings. The van der Waals surface area contributed by atoms with Gasteiger partial charge in [0.15, 0.2) is 0 Å². The number of aryl methyl sites for hydroxylation is 1. The van der Waals surface area contributed by atoms with E-state index in [9.17, 15) is 9.18 Å². The first kappa shape index (κ1) is 18.1. The van der Waals surface area contributed by atoms with Crippen molar-refractivity contribution in [2.75, 3.05) is 12.4 Å². The van der Waals surface area contributed by atoms with Gasteiger partial charge < -0.3 is 10.1 Å². The zero-order chi connectivity index (χ0) is 17.4. The molecule has 0 bridgehead atoms. The standard InChI is InChI=1S/C15H12FN3O2.C2H6/c1-9-3-6-13(12(16)7-9)19-14-11(15(20)21-2)5-4-10(8-17)18-14;1-2/h3-7H,1-2H3,(H,18,19);1-2H3. The minimum absolute atomic E-state index is 0.0728. The maximum Gasteiger partial charge on any atom is 0.341 e. The van der Waals surface area contributed by atoms with Gasteiger partial charge in [-0.15, -0.1) is 0 Å². The molecular weight excluding hydrogens is 297 g/mol. The molecule has 0 spiro atoms. The Kier molecular flexibility index (Phi) is 6.68. The molecule has 1 heterocycles. The molecule has 0 unspecified atom stereocenters. The molecule has 0 atom stereocenters. The van der Waals surface area contributed by atoms with Crippen LogP contribution in [0.4, 0.5) is 15.9 Å². The van der Waals surface area contributed by atoms with E-state index in [0.717, 1.165) is 5.56 Å². The Morgan fingerprint density at radius 3 is 2.57 bits per heavy atom. The van der Waals surface area contributed by atoms with Crippen LogP contribution in [0, 0.1) is 24.1 Å². The van der Waals surface area contributed by atoms with Crippen LogP contribution in [-0.2, 0) is 4.74 Å². The molecule has 0 fully saturated rings. The predicted octanol–water partition coefficient (Wildman–Crippen LogP) is 3.96. The lowest BCUT2D eigenvalue weighted by Crippen LogP contribution is -2.08. The molecule has 0 amide bonds. The second-order valence-corrected chi connectivity index (χ2v) is 4.30. The van der Waals surface area contributed by atoms with Crippen LogP contribution in [-0.4, -0.2) is 18.1 Å². The van der Waals surface area contributed by atoms with E-state index < -0.39 is 11.8 Å². The summed E-state index contributed by atoms with van der Waals surface area (Å²) in [7, 11) is 1.23. The lowest BCUT2D eigenvalue weighted by atomic mass is 10.2. The summed E-state index contributed by atoms with van der Waals surface area (Å²) in [6, 6.07) is 9.27. The highest BCUT2D eigenvalue weighted by Gasteiger charge is 2.15. The Labute approximate surface area is 134 Å². The first-order valence-corrected chi connectivity index (χ1v) is 7.08. The van der Waals surface area contributed by atoms with Gasteiger partial charge in [-0.2, -0.15) is 5.26 Å². The molecule has 0 aliphatic carbocycles. The van der Waals surface area contributed by atoms with E-state index in [1.807, 2.05) is 19.9 Å². The Morgan fingerprint density at radius 1 is 1.30 bits per heavy atom. The van der Waals surface area contributed by atoms with Gasteiger partial charge in [0, 0.05) is 0 Å². The second kappa shape index (κ2) is 8.49. The molecule has 6 heteroatoms. The number of nitrogens with zero attached hydrogens (tertiary/aromatic N) is 2. The number of hydrogen-bond acceptors (Lipinski definition) is 5. The van der Waals surface area contributed by atoms with Gasteiger partial charge in [0.05, 0.1) is 12.8 Å². The molecule has 2 aromatic rings. The van der Waals surface area contributed by atoms with E-state index in [1.54, 1.807) is 13.0 Å². The van der Waals surface area contributed by atoms with Gasteiger partial charge in [-0.1, -0.05) is 19.9 Å². The quantitative estimate of drug-likeness (QED) is 0.868. The number of hydrogen-bond donors (Lipinski definition) is 1. The van der Waals surface area contributed by atoms with Crippen LogP contribution in [0.3, 0.4) is 0 Å². The van der Waals surface area contributed by atoms with Crippen LogP contribution in [0.5, 0.6) is 0 Å². The van der Waals surface area contributed by atoms with Crippen molar-refractivity contribution in [1.29, 1.82) is 5.26 Å². The van der Waals surface area contributed by atoms with Crippen molar-refractivity contribution in [3.8, 4) is 6.07 Å². The fraction of sp³-hybridized carbons (Fsp3) is 0.235. The van der Waals surface area contributed by atoms with Crippen molar-refractivity contribution in [2.45, 2.75) is 20.8 Å². The summed E-state index contributed by atoms with van der Waals surface area (Å²) in [5.41, 5.74) is 1.16. The third-order valence-corrected chi connectivity index (χ3v) is 2.79. The normalized spacial score (nSPS) is 9.22. The van der Waals surface area contributed by atoms with Crippen molar-refractivity contribution >= 4 is 17.5 Å². The summed E-state index contributed by atoms with van der Waals surface area (Å²) in [6.45, 7) is 5.77. The van der Waals surface area contributed by atoms with Crippen LogP contribution < -0.4 is 5.32 Å². The predicted molar refractivity (Wildman–Crippen MR) is 86.1 cm³/mol. The highest BCUT2D eigenvalue weighted by molar-refractivity contribution is 5.95. The topological polar surface area (TPSA) is 75.0 Å². The van der Waals surface area contributed by atoms with Crippen LogP contribution >= 0.6 is 0 Å². The number of anilines is 2. The van der Waals surface area contributed by atoms with E-state index in [2.05, 4.69) is 15.0 Å². The Balaban J connectivity index is 0.00000127. The fourth-order valence-electron chi connectivity index (χ4n) is 1.74. The van der Waals surface area contributed by atoms with Crippen LogP contribution in [0.15, 0.2) is 30.3 Å². The molecule has 5 nitrogen and oxygen atoms in total. The number of carbonyl (C=O) groups excluding carboxylic acids is 1. The number of ether oxygens (including phenoxy) is 1. The van der Waals surface area contributed by atoms with Crippen molar-refractivity contribution in [3.63, 3.8) is 0 Å². The van der Waals surface area contributed by atoms with Gasteiger partial charge in [-0.3, -0.25) is 0 Å². The molecule has 0 saturated heterocycles. The number of methoxy groups -OCH3 is 1. The Hall–Kier alpha value is -2.94. The average molecular weight is 315 g/mol. The van der Waals surface area contributed by atoms with E-state index in [4.69, 9.17) is 5.26 Å². The summed E-state index contributed by atoms with van der Waals surface area (Å²) in [4.78, 5) is 15.7. The number of esters is 1. The van der Waals surface area contributed by atoms with Crippen LogP contribution in [0.2, 0.25) is 0 Å². The molecule has 2 rings (SSSR count). The minimum atomic E-state index is -0.623.